The van der Waals surface area contributed by atoms with E-state index < -0.39 is 0 Å². The van der Waals surface area contributed by atoms with Crippen molar-refractivity contribution in [2.75, 3.05) is 37.1 Å². The first-order valence-electron chi connectivity index (χ1n) is 13.4. The molecule has 0 bridgehead atoms. The minimum Gasteiger partial charge on any atom is -0.507 e. The third-order valence-electron chi connectivity index (χ3n) is 6.06. The van der Waals surface area contributed by atoms with Crippen LogP contribution in [0.5, 0.6) is 11.5 Å². The standard InChI is InChI=1S/C28H42O7S3/c1-5-9-23-24(11-10-22(20(4)29)27(23)32)35-16-8-17-36-18-21-19-37-28(38-21,14-12-25(30)33-6-2)15-13-26(31)34-7-3/h10-11,21,32H,5-9,12-19H2,1-4H3. The highest BCUT2D eigenvalue weighted by atomic mass is 32.2. The van der Waals surface area contributed by atoms with Gasteiger partial charge < -0.3 is 19.3 Å². The van der Waals surface area contributed by atoms with Crippen LogP contribution in [-0.4, -0.2) is 69.2 Å². The Balaban J connectivity index is 1.81. The van der Waals surface area contributed by atoms with Crippen molar-refractivity contribution in [3.8, 4) is 11.5 Å². The number of hydrogen-bond donors (Lipinski definition) is 1. The summed E-state index contributed by atoms with van der Waals surface area (Å²) < 4.78 is 16.1. The van der Waals surface area contributed by atoms with Gasteiger partial charge in [0.15, 0.2) is 5.78 Å². The zero-order valence-electron chi connectivity index (χ0n) is 23.0. The van der Waals surface area contributed by atoms with Crippen molar-refractivity contribution in [2.24, 2.45) is 0 Å². The van der Waals surface area contributed by atoms with Crippen LogP contribution < -0.4 is 4.74 Å². The Morgan fingerprint density at radius 3 is 2.32 bits per heavy atom. The highest BCUT2D eigenvalue weighted by Crippen LogP contribution is 2.54. The lowest BCUT2D eigenvalue weighted by molar-refractivity contribution is -0.143. The van der Waals surface area contributed by atoms with E-state index in [9.17, 15) is 19.5 Å². The number of phenols is 1. The van der Waals surface area contributed by atoms with E-state index in [0.717, 1.165) is 30.1 Å². The average Bonchev–Trinajstić information content (AvgIpc) is 3.29. The summed E-state index contributed by atoms with van der Waals surface area (Å²) in [6.07, 6.45) is 4.46. The van der Waals surface area contributed by atoms with Crippen LogP contribution in [0.25, 0.3) is 0 Å². The van der Waals surface area contributed by atoms with Crippen LogP contribution in [0.4, 0.5) is 0 Å². The summed E-state index contributed by atoms with van der Waals surface area (Å²) in [5.41, 5.74) is 1.04. The van der Waals surface area contributed by atoms with Gasteiger partial charge in [-0.3, -0.25) is 14.4 Å². The highest BCUT2D eigenvalue weighted by Gasteiger charge is 2.41. The lowest BCUT2D eigenvalue weighted by Crippen LogP contribution is -2.22. The van der Waals surface area contributed by atoms with E-state index in [-0.39, 0.29) is 27.6 Å². The van der Waals surface area contributed by atoms with Crippen LogP contribution in [0.1, 0.15) is 82.1 Å². The Bertz CT molecular complexity index is 900. The summed E-state index contributed by atoms with van der Waals surface area (Å²) in [7, 11) is 0. The summed E-state index contributed by atoms with van der Waals surface area (Å²) >= 11 is 5.63. The van der Waals surface area contributed by atoms with Crippen LogP contribution in [0.2, 0.25) is 0 Å². The van der Waals surface area contributed by atoms with Crippen LogP contribution in [0, 0.1) is 0 Å². The largest absolute Gasteiger partial charge is 0.507 e. The molecule has 38 heavy (non-hydrogen) atoms. The molecular weight excluding hydrogens is 545 g/mol. The third-order valence-corrected chi connectivity index (χ3v) is 11.3. The molecule has 214 valence electrons. The predicted octanol–water partition coefficient (Wildman–Crippen LogP) is 6.28. The zero-order valence-corrected chi connectivity index (χ0v) is 25.5. The molecular formula is C28H42O7S3. The summed E-state index contributed by atoms with van der Waals surface area (Å²) in [6.45, 7) is 8.40. The Morgan fingerprint density at radius 2 is 1.74 bits per heavy atom. The fourth-order valence-corrected chi connectivity index (χ4v) is 9.31. The van der Waals surface area contributed by atoms with Crippen molar-refractivity contribution in [2.45, 2.75) is 82.0 Å². The molecule has 1 fully saturated rings. The first-order valence-corrected chi connectivity index (χ1v) is 16.5. The summed E-state index contributed by atoms with van der Waals surface area (Å²) in [6, 6.07) is 3.42. The van der Waals surface area contributed by atoms with Crippen LogP contribution in [0.15, 0.2) is 12.1 Å². The molecule has 1 aliphatic heterocycles. The summed E-state index contributed by atoms with van der Waals surface area (Å²) in [5.74, 6) is 3.08. The van der Waals surface area contributed by atoms with Gasteiger partial charge in [-0.1, -0.05) is 13.3 Å². The van der Waals surface area contributed by atoms with Crippen molar-refractivity contribution in [3.63, 3.8) is 0 Å². The van der Waals surface area contributed by atoms with Crippen molar-refractivity contribution in [1.82, 2.24) is 0 Å². The normalized spacial score (nSPS) is 16.3. The molecule has 0 radical (unpaired) electrons. The first kappa shape index (κ1) is 32.7. The molecule has 2 rings (SSSR count). The molecule has 0 saturated carbocycles. The van der Waals surface area contributed by atoms with Gasteiger partial charge in [0.1, 0.15) is 11.5 Å². The van der Waals surface area contributed by atoms with E-state index in [4.69, 9.17) is 14.2 Å². The topological polar surface area (TPSA) is 99.1 Å². The second-order valence-electron chi connectivity index (χ2n) is 9.09. The Morgan fingerprint density at radius 1 is 1.08 bits per heavy atom. The Labute approximate surface area is 239 Å². The predicted molar refractivity (Wildman–Crippen MR) is 158 cm³/mol. The maximum Gasteiger partial charge on any atom is 0.305 e. The fraction of sp³-hybridized carbons (Fsp3) is 0.679. The molecule has 10 heteroatoms. The van der Waals surface area contributed by atoms with E-state index in [1.807, 2.05) is 56.1 Å². The van der Waals surface area contributed by atoms with Crippen LogP contribution in [-0.2, 0) is 25.5 Å². The zero-order chi connectivity index (χ0) is 28.0. The van der Waals surface area contributed by atoms with E-state index in [2.05, 4.69) is 0 Å². The number of hydrogen-bond acceptors (Lipinski definition) is 10. The molecule has 0 aromatic heterocycles. The number of carbonyl (C=O) groups is 3. The van der Waals surface area contributed by atoms with Crippen molar-refractivity contribution in [1.29, 1.82) is 0 Å². The molecule has 1 aliphatic rings. The number of ketones is 1. The molecule has 1 heterocycles. The first-order chi connectivity index (χ1) is 18.2. The number of rotatable bonds is 18. The molecule has 1 N–H and O–H groups in total. The molecule has 0 aliphatic carbocycles. The minimum atomic E-state index is -0.187. The second-order valence-corrected chi connectivity index (χ2v) is 13.6. The fourth-order valence-electron chi connectivity index (χ4n) is 4.22. The van der Waals surface area contributed by atoms with Crippen LogP contribution >= 0.6 is 35.3 Å². The number of carbonyl (C=O) groups excluding carboxylic acids is 3. The van der Waals surface area contributed by atoms with Crippen molar-refractivity contribution >= 4 is 53.0 Å². The number of esters is 2. The quantitative estimate of drug-likeness (QED) is 0.120. The van der Waals surface area contributed by atoms with Gasteiger partial charge in [-0.2, -0.15) is 11.8 Å². The molecule has 1 atom stereocenters. The van der Waals surface area contributed by atoms with Crippen molar-refractivity contribution in [3.05, 3.63) is 23.3 Å². The van der Waals surface area contributed by atoms with E-state index in [1.54, 1.807) is 12.1 Å². The molecule has 7 nitrogen and oxygen atoms in total. The molecule has 0 spiro atoms. The van der Waals surface area contributed by atoms with E-state index in [0.29, 0.717) is 74.1 Å². The lowest BCUT2D eigenvalue weighted by Gasteiger charge is -2.27. The van der Waals surface area contributed by atoms with Gasteiger partial charge >= 0.3 is 11.9 Å². The molecule has 1 unspecified atom stereocenters. The van der Waals surface area contributed by atoms with E-state index in [1.165, 1.54) is 6.92 Å². The van der Waals surface area contributed by atoms with Gasteiger partial charge in [0.25, 0.3) is 0 Å². The number of thioether (sulfide) groups is 3. The SMILES string of the molecule is CCCc1c(OCCCSCC2CSC(CCC(=O)OCC)(CCC(=O)OCC)S2)ccc(C(C)=O)c1O. The lowest BCUT2D eigenvalue weighted by atomic mass is 10.0. The monoisotopic (exact) mass is 586 g/mol. The van der Waals surface area contributed by atoms with Gasteiger partial charge in [-0.15, -0.1) is 23.5 Å². The summed E-state index contributed by atoms with van der Waals surface area (Å²) in [5, 5.41) is 11.0. The highest BCUT2D eigenvalue weighted by molar-refractivity contribution is 8.22. The number of Topliss-reactive ketones (excluding diaryl/α,β-unsaturated/α-hetero) is 1. The average molecular weight is 587 g/mol. The van der Waals surface area contributed by atoms with Gasteiger partial charge in [0.05, 0.1) is 29.5 Å². The minimum absolute atomic E-state index is 0.0383. The Hall–Kier alpha value is -1.52. The maximum atomic E-state index is 12.0. The van der Waals surface area contributed by atoms with Crippen LogP contribution in [0.3, 0.4) is 0 Å². The molecule has 1 aromatic rings. The molecule has 0 amide bonds. The number of ether oxygens (including phenoxy) is 3. The molecule has 1 aromatic carbocycles. The van der Waals surface area contributed by atoms with E-state index >= 15 is 0 Å². The summed E-state index contributed by atoms with van der Waals surface area (Å²) in [4.78, 5) is 35.7. The second kappa shape index (κ2) is 17.2. The van der Waals surface area contributed by atoms with Crippen molar-refractivity contribution < 1.29 is 33.7 Å². The van der Waals surface area contributed by atoms with Gasteiger partial charge in [0, 0.05) is 35.2 Å². The number of aromatic hydroxyl groups is 1. The molecule has 1 saturated heterocycles. The maximum absolute atomic E-state index is 12.0. The van der Waals surface area contributed by atoms with Gasteiger partial charge in [-0.25, -0.2) is 0 Å². The van der Waals surface area contributed by atoms with Gasteiger partial charge in [0.2, 0.25) is 0 Å². The third kappa shape index (κ3) is 10.6. The Kier molecular flexibility index (Phi) is 14.8. The van der Waals surface area contributed by atoms with Gasteiger partial charge in [-0.05, 0) is 64.3 Å². The number of benzene rings is 1. The number of phenolic OH excluding ortho intramolecular Hbond substituents is 1. The smallest absolute Gasteiger partial charge is 0.305 e.